The van der Waals surface area contributed by atoms with Gasteiger partial charge in [-0.2, -0.15) is 0 Å². The lowest BCUT2D eigenvalue weighted by Crippen LogP contribution is -2.28. The van der Waals surface area contributed by atoms with Crippen molar-refractivity contribution in [3.8, 4) is 0 Å². The molecule has 4 rings (SSSR count). The number of benzene rings is 3. The van der Waals surface area contributed by atoms with E-state index in [2.05, 4.69) is 10.6 Å². The topological polar surface area (TPSA) is 85.1 Å². The standard InChI is InChI=1S/C26H26N4O3/c1-29-22-13-7-8-14-23(22)30(26(29)33)18-16-24(31)28-21-12-6-5-11-20(21)25(32)27-17-15-19-9-3-2-4-10-19/h2-14H,15-18H2,1H3,(H,27,32)(H,28,31). The Morgan fingerprint density at radius 1 is 0.848 bits per heavy atom. The zero-order chi connectivity index (χ0) is 23.2. The molecule has 0 atom stereocenters. The smallest absolute Gasteiger partial charge is 0.328 e. The average molecular weight is 443 g/mol. The normalized spacial score (nSPS) is 10.8. The molecule has 0 fully saturated rings. The van der Waals surface area contributed by atoms with Crippen molar-refractivity contribution < 1.29 is 9.59 Å². The van der Waals surface area contributed by atoms with Gasteiger partial charge in [0.25, 0.3) is 5.91 Å². The Balaban J connectivity index is 1.38. The molecule has 7 heteroatoms. The summed E-state index contributed by atoms with van der Waals surface area (Å²) in [5, 5.41) is 5.73. The zero-order valence-electron chi connectivity index (χ0n) is 18.5. The number of anilines is 1. The van der Waals surface area contributed by atoms with E-state index in [0.717, 1.165) is 23.0 Å². The summed E-state index contributed by atoms with van der Waals surface area (Å²) in [5.41, 5.74) is 3.44. The fraction of sp³-hybridized carbons (Fsp3) is 0.192. The molecule has 0 bridgehead atoms. The van der Waals surface area contributed by atoms with Crippen LogP contribution >= 0.6 is 0 Å². The van der Waals surface area contributed by atoms with Gasteiger partial charge >= 0.3 is 5.69 Å². The van der Waals surface area contributed by atoms with E-state index in [0.29, 0.717) is 17.8 Å². The Morgan fingerprint density at radius 2 is 1.52 bits per heavy atom. The lowest BCUT2D eigenvalue weighted by molar-refractivity contribution is -0.116. The summed E-state index contributed by atoms with van der Waals surface area (Å²) in [6, 6.07) is 24.3. The van der Waals surface area contributed by atoms with Crippen LogP contribution in [0.5, 0.6) is 0 Å². The lowest BCUT2D eigenvalue weighted by atomic mass is 10.1. The van der Waals surface area contributed by atoms with Gasteiger partial charge in [0.1, 0.15) is 0 Å². The van der Waals surface area contributed by atoms with E-state index in [1.165, 1.54) is 0 Å². The van der Waals surface area contributed by atoms with Crippen molar-refractivity contribution in [2.75, 3.05) is 11.9 Å². The molecule has 0 unspecified atom stereocenters. The molecule has 33 heavy (non-hydrogen) atoms. The third kappa shape index (κ3) is 5.03. The maximum Gasteiger partial charge on any atom is 0.328 e. The molecule has 0 spiro atoms. The Morgan fingerprint density at radius 3 is 2.30 bits per heavy atom. The van der Waals surface area contributed by atoms with Crippen molar-refractivity contribution in [2.45, 2.75) is 19.4 Å². The van der Waals surface area contributed by atoms with Gasteiger partial charge in [0.15, 0.2) is 0 Å². The van der Waals surface area contributed by atoms with Crippen LogP contribution in [0.3, 0.4) is 0 Å². The molecule has 3 aromatic carbocycles. The van der Waals surface area contributed by atoms with Gasteiger partial charge in [-0.05, 0) is 36.2 Å². The summed E-state index contributed by atoms with van der Waals surface area (Å²) in [6.45, 7) is 0.743. The first kappa shape index (κ1) is 22.1. The van der Waals surface area contributed by atoms with Gasteiger partial charge in [-0.15, -0.1) is 0 Å². The number of hydrogen-bond acceptors (Lipinski definition) is 3. The molecule has 7 nitrogen and oxygen atoms in total. The summed E-state index contributed by atoms with van der Waals surface area (Å²) in [6.07, 6.45) is 0.832. The number of aryl methyl sites for hydroxylation is 2. The third-order valence-electron chi connectivity index (χ3n) is 5.60. The first-order valence-corrected chi connectivity index (χ1v) is 10.9. The number of amides is 2. The molecule has 2 N–H and O–H groups in total. The maximum atomic E-state index is 12.7. The maximum absolute atomic E-state index is 12.7. The van der Waals surface area contributed by atoms with Gasteiger partial charge in [0, 0.05) is 26.6 Å². The number of rotatable bonds is 8. The fourth-order valence-corrected chi connectivity index (χ4v) is 3.86. The minimum absolute atomic E-state index is 0.109. The van der Waals surface area contributed by atoms with Crippen LogP contribution in [0, 0.1) is 0 Å². The van der Waals surface area contributed by atoms with Crippen LogP contribution in [0.15, 0.2) is 83.7 Å². The molecule has 168 valence electrons. The number of carbonyl (C=O) groups excluding carboxylic acids is 2. The van der Waals surface area contributed by atoms with Crippen LogP contribution in [0.25, 0.3) is 11.0 Å². The van der Waals surface area contributed by atoms with Crippen LogP contribution in [0.4, 0.5) is 5.69 Å². The minimum atomic E-state index is -0.264. The highest BCUT2D eigenvalue weighted by Crippen LogP contribution is 2.16. The van der Waals surface area contributed by atoms with E-state index < -0.39 is 0 Å². The number of para-hydroxylation sites is 3. The predicted octanol–water partition coefficient (Wildman–Crippen LogP) is 3.34. The summed E-state index contributed by atoms with van der Waals surface area (Å²) >= 11 is 0. The van der Waals surface area contributed by atoms with E-state index in [4.69, 9.17) is 0 Å². The van der Waals surface area contributed by atoms with Crippen molar-refractivity contribution >= 4 is 28.5 Å². The SMILES string of the molecule is Cn1c(=O)n(CCC(=O)Nc2ccccc2C(=O)NCCc2ccccc2)c2ccccc21. The van der Waals surface area contributed by atoms with Crippen LogP contribution < -0.4 is 16.3 Å². The number of aromatic nitrogens is 2. The number of carbonyl (C=O) groups is 2. The molecule has 2 amide bonds. The van der Waals surface area contributed by atoms with Crippen molar-refractivity contribution in [1.29, 1.82) is 0 Å². The monoisotopic (exact) mass is 442 g/mol. The summed E-state index contributed by atoms with van der Waals surface area (Å²) in [7, 11) is 1.72. The second-order valence-electron chi connectivity index (χ2n) is 7.82. The van der Waals surface area contributed by atoms with Crippen molar-refractivity contribution in [3.05, 3.63) is 100 Å². The highest BCUT2D eigenvalue weighted by molar-refractivity contribution is 6.03. The molecule has 0 saturated heterocycles. The van der Waals surface area contributed by atoms with E-state index in [1.807, 2.05) is 54.6 Å². The number of nitrogens with zero attached hydrogens (tertiary/aromatic N) is 2. The molecule has 4 aromatic rings. The van der Waals surface area contributed by atoms with E-state index >= 15 is 0 Å². The van der Waals surface area contributed by atoms with Crippen LogP contribution in [-0.2, 0) is 24.8 Å². The molecule has 0 aliphatic carbocycles. The molecular weight excluding hydrogens is 416 g/mol. The highest BCUT2D eigenvalue weighted by Gasteiger charge is 2.15. The van der Waals surface area contributed by atoms with Gasteiger partial charge in [-0.3, -0.25) is 18.7 Å². The second-order valence-corrected chi connectivity index (χ2v) is 7.82. The molecule has 1 heterocycles. The molecular formula is C26H26N4O3. The van der Waals surface area contributed by atoms with Crippen LogP contribution in [0.1, 0.15) is 22.3 Å². The highest BCUT2D eigenvalue weighted by atomic mass is 16.2. The third-order valence-corrected chi connectivity index (χ3v) is 5.60. The largest absolute Gasteiger partial charge is 0.352 e. The lowest BCUT2D eigenvalue weighted by Gasteiger charge is -2.12. The Labute approximate surface area is 191 Å². The van der Waals surface area contributed by atoms with Gasteiger partial charge in [-0.1, -0.05) is 54.6 Å². The van der Waals surface area contributed by atoms with Crippen molar-refractivity contribution in [1.82, 2.24) is 14.5 Å². The van der Waals surface area contributed by atoms with E-state index in [-0.39, 0.29) is 30.5 Å². The number of fused-ring (bicyclic) bond motifs is 1. The Bertz CT molecular complexity index is 1340. The quantitative estimate of drug-likeness (QED) is 0.439. The number of nitrogens with one attached hydrogen (secondary N) is 2. The molecule has 0 radical (unpaired) electrons. The van der Waals surface area contributed by atoms with E-state index in [9.17, 15) is 14.4 Å². The van der Waals surface area contributed by atoms with E-state index in [1.54, 1.807) is 40.4 Å². The second kappa shape index (κ2) is 9.99. The fourth-order valence-electron chi connectivity index (χ4n) is 3.86. The van der Waals surface area contributed by atoms with Crippen LogP contribution in [-0.4, -0.2) is 27.5 Å². The number of imidazole rings is 1. The van der Waals surface area contributed by atoms with Gasteiger partial charge in [0.05, 0.1) is 22.3 Å². The Kier molecular flexibility index (Phi) is 6.69. The molecule has 0 aliphatic heterocycles. The minimum Gasteiger partial charge on any atom is -0.352 e. The molecule has 0 aliphatic rings. The zero-order valence-corrected chi connectivity index (χ0v) is 18.5. The molecule has 0 saturated carbocycles. The van der Waals surface area contributed by atoms with Crippen molar-refractivity contribution in [2.24, 2.45) is 7.05 Å². The van der Waals surface area contributed by atoms with Gasteiger partial charge < -0.3 is 10.6 Å². The average Bonchev–Trinajstić information content (AvgIpc) is 3.08. The summed E-state index contributed by atoms with van der Waals surface area (Å²) in [5.74, 6) is -0.508. The van der Waals surface area contributed by atoms with Gasteiger partial charge in [0.2, 0.25) is 5.91 Å². The van der Waals surface area contributed by atoms with Crippen molar-refractivity contribution in [3.63, 3.8) is 0 Å². The Hall–Kier alpha value is -4.13. The summed E-state index contributed by atoms with van der Waals surface area (Å²) in [4.78, 5) is 37.9. The first-order valence-electron chi connectivity index (χ1n) is 10.9. The first-order chi connectivity index (χ1) is 16.0. The van der Waals surface area contributed by atoms with Crippen LogP contribution in [0.2, 0.25) is 0 Å². The summed E-state index contributed by atoms with van der Waals surface area (Å²) < 4.78 is 3.17. The van der Waals surface area contributed by atoms with Gasteiger partial charge in [-0.25, -0.2) is 4.79 Å². The molecule has 1 aromatic heterocycles. The number of hydrogen-bond donors (Lipinski definition) is 2. The predicted molar refractivity (Wildman–Crippen MR) is 129 cm³/mol.